The molecule has 174 valence electrons. The summed E-state index contributed by atoms with van der Waals surface area (Å²) in [5.41, 5.74) is 5.47. The van der Waals surface area contributed by atoms with Gasteiger partial charge in [-0.05, 0) is 60.7 Å². The van der Waals surface area contributed by atoms with Gasteiger partial charge in [0.1, 0.15) is 0 Å². The molecular formula is C26H19Cl2N5O2. The first-order chi connectivity index (χ1) is 17.0. The predicted molar refractivity (Wildman–Crippen MR) is 143 cm³/mol. The maximum absolute atomic E-state index is 12.5. The van der Waals surface area contributed by atoms with Crippen molar-refractivity contribution in [3.63, 3.8) is 0 Å². The molecule has 5 rings (SSSR count). The zero-order chi connectivity index (χ0) is 24.4. The van der Waals surface area contributed by atoms with Crippen LogP contribution in [-0.2, 0) is 4.79 Å². The number of fused-ring (bicyclic) bond motifs is 1. The van der Waals surface area contributed by atoms with Gasteiger partial charge >= 0.3 is 6.03 Å². The summed E-state index contributed by atoms with van der Waals surface area (Å²) in [4.78, 5) is 28.0. The van der Waals surface area contributed by atoms with Crippen LogP contribution in [0.2, 0.25) is 10.0 Å². The minimum absolute atomic E-state index is 0.150. The van der Waals surface area contributed by atoms with Crippen molar-refractivity contribution in [1.82, 2.24) is 4.98 Å². The van der Waals surface area contributed by atoms with Crippen LogP contribution >= 0.6 is 23.2 Å². The van der Waals surface area contributed by atoms with Crippen molar-refractivity contribution in [3.05, 3.63) is 100 Å². The van der Waals surface area contributed by atoms with Gasteiger partial charge in [0.2, 0.25) is 0 Å². The second-order valence-corrected chi connectivity index (χ2v) is 8.59. The Balaban J connectivity index is 1.29. The number of aromatic amines is 1. The van der Waals surface area contributed by atoms with Crippen LogP contribution in [0.4, 0.5) is 33.2 Å². The fraction of sp³-hybridized carbons (Fsp3) is 0. The fourth-order valence-electron chi connectivity index (χ4n) is 3.74. The Morgan fingerprint density at radius 3 is 2.34 bits per heavy atom. The summed E-state index contributed by atoms with van der Waals surface area (Å²) in [5, 5.41) is 12.3. The average molecular weight is 504 g/mol. The van der Waals surface area contributed by atoms with Gasteiger partial charge in [-0.2, -0.15) is 0 Å². The van der Waals surface area contributed by atoms with Gasteiger partial charge in [0, 0.05) is 34.5 Å². The van der Waals surface area contributed by atoms with Gasteiger partial charge in [0.05, 0.1) is 27.0 Å². The number of amides is 3. The van der Waals surface area contributed by atoms with E-state index in [2.05, 4.69) is 26.3 Å². The average Bonchev–Trinajstić information content (AvgIpc) is 3.44. The largest absolute Gasteiger partial charge is 0.362 e. The highest BCUT2D eigenvalue weighted by Gasteiger charge is 2.24. The highest BCUT2D eigenvalue weighted by atomic mass is 35.5. The quantitative estimate of drug-likeness (QED) is 0.186. The Kier molecular flexibility index (Phi) is 6.18. The number of hydrogen-bond acceptors (Lipinski definition) is 3. The molecule has 35 heavy (non-hydrogen) atoms. The zero-order valence-corrected chi connectivity index (χ0v) is 19.7. The van der Waals surface area contributed by atoms with Crippen molar-refractivity contribution in [1.29, 1.82) is 0 Å². The van der Waals surface area contributed by atoms with Gasteiger partial charge in [-0.3, -0.25) is 4.79 Å². The molecule has 4 aromatic rings. The second kappa shape index (κ2) is 9.58. The lowest BCUT2D eigenvalue weighted by atomic mass is 10.1. The van der Waals surface area contributed by atoms with Gasteiger partial charge in [-0.25, -0.2) is 4.79 Å². The van der Waals surface area contributed by atoms with Crippen LogP contribution in [0.25, 0.3) is 11.6 Å². The molecule has 3 aromatic carbocycles. The topological polar surface area (TPSA) is 98.1 Å². The Bertz CT molecular complexity index is 1440. The number of carbonyl (C=O) groups is 2. The molecule has 0 atom stereocenters. The molecule has 5 N–H and O–H groups in total. The molecule has 1 aliphatic heterocycles. The van der Waals surface area contributed by atoms with Gasteiger partial charge in [-0.1, -0.05) is 41.4 Å². The van der Waals surface area contributed by atoms with E-state index >= 15 is 0 Å². The molecule has 0 spiro atoms. The molecule has 0 fully saturated rings. The number of urea groups is 1. The van der Waals surface area contributed by atoms with E-state index in [1.165, 1.54) is 0 Å². The number of hydrogen-bond donors (Lipinski definition) is 5. The number of halogens is 2. The predicted octanol–water partition coefficient (Wildman–Crippen LogP) is 7.20. The molecule has 0 unspecified atom stereocenters. The van der Waals surface area contributed by atoms with Crippen LogP contribution in [0.15, 0.2) is 79.0 Å². The smallest absolute Gasteiger partial charge is 0.323 e. The van der Waals surface area contributed by atoms with Gasteiger partial charge in [0.25, 0.3) is 5.91 Å². The first kappa shape index (κ1) is 22.6. The van der Waals surface area contributed by atoms with E-state index in [-0.39, 0.29) is 5.91 Å². The van der Waals surface area contributed by atoms with E-state index in [4.69, 9.17) is 23.2 Å². The number of H-pyrrole nitrogens is 1. The fourth-order valence-corrected chi connectivity index (χ4v) is 4.23. The van der Waals surface area contributed by atoms with Crippen LogP contribution in [0, 0.1) is 0 Å². The van der Waals surface area contributed by atoms with E-state index in [1.807, 2.05) is 54.7 Å². The summed E-state index contributed by atoms with van der Waals surface area (Å²) in [6, 6.07) is 21.2. The van der Waals surface area contributed by atoms with E-state index < -0.39 is 6.03 Å². The third-order valence-corrected chi connectivity index (χ3v) is 5.96. The number of nitrogens with one attached hydrogen (secondary N) is 5. The monoisotopic (exact) mass is 503 g/mol. The number of carbonyl (C=O) groups excluding carboxylic acids is 2. The minimum Gasteiger partial charge on any atom is -0.362 e. The lowest BCUT2D eigenvalue weighted by Crippen LogP contribution is -2.19. The Hall–Kier alpha value is -4.20. The second-order valence-electron chi connectivity index (χ2n) is 7.78. The Morgan fingerprint density at radius 2 is 1.57 bits per heavy atom. The highest BCUT2D eigenvalue weighted by molar-refractivity contribution is 6.40. The van der Waals surface area contributed by atoms with Crippen molar-refractivity contribution in [2.45, 2.75) is 0 Å². The summed E-state index contributed by atoms with van der Waals surface area (Å²) < 4.78 is 0. The van der Waals surface area contributed by atoms with Crippen molar-refractivity contribution in [3.8, 4) is 0 Å². The third-order valence-electron chi connectivity index (χ3n) is 5.33. The van der Waals surface area contributed by atoms with Gasteiger partial charge < -0.3 is 26.3 Å². The van der Waals surface area contributed by atoms with E-state index in [0.717, 1.165) is 28.3 Å². The summed E-state index contributed by atoms with van der Waals surface area (Å²) in [6.45, 7) is 0. The Morgan fingerprint density at radius 1 is 0.829 bits per heavy atom. The number of rotatable bonds is 5. The number of para-hydroxylation sites is 1. The summed E-state index contributed by atoms with van der Waals surface area (Å²) >= 11 is 12.2. The van der Waals surface area contributed by atoms with Crippen molar-refractivity contribution >= 4 is 75.2 Å². The van der Waals surface area contributed by atoms with Crippen molar-refractivity contribution in [2.75, 3.05) is 21.3 Å². The van der Waals surface area contributed by atoms with E-state index in [9.17, 15) is 9.59 Å². The summed E-state index contributed by atoms with van der Waals surface area (Å²) in [6.07, 6.45) is 3.63. The minimum atomic E-state index is -0.473. The maximum Gasteiger partial charge on any atom is 0.323 e. The lowest BCUT2D eigenvalue weighted by Gasteiger charge is -2.12. The molecule has 0 aliphatic carbocycles. The van der Waals surface area contributed by atoms with E-state index in [0.29, 0.717) is 27.0 Å². The normalized spacial score (nSPS) is 13.3. The standard InChI is InChI=1S/C26H19Cl2N5O2/c27-21-7-2-8-22(28)24(21)33-26(35)31-17-5-1-4-16(12-17)30-18-9-10-19-20(13-15-6-3-11-29-15)25(34)32-23(19)14-18/h1-14,29-30H,(H,32,34)(H2,31,33,35)/b20-13-. The van der Waals surface area contributed by atoms with Crippen LogP contribution in [0.1, 0.15) is 11.3 Å². The van der Waals surface area contributed by atoms with Crippen molar-refractivity contribution in [2.24, 2.45) is 0 Å². The van der Waals surface area contributed by atoms with Gasteiger partial charge in [-0.15, -0.1) is 0 Å². The maximum atomic E-state index is 12.5. The van der Waals surface area contributed by atoms with Crippen LogP contribution in [0.3, 0.4) is 0 Å². The molecule has 7 nitrogen and oxygen atoms in total. The highest BCUT2D eigenvalue weighted by Crippen LogP contribution is 2.36. The molecule has 0 saturated heterocycles. The summed E-state index contributed by atoms with van der Waals surface area (Å²) in [7, 11) is 0. The Labute approximate surface area is 211 Å². The van der Waals surface area contributed by atoms with Crippen LogP contribution < -0.4 is 21.3 Å². The van der Waals surface area contributed by atoms with Crippen LogP contribution in [-0.4, -0.2) is 16.9 Å². The zero-order valence-electron chi connectivity index (χ0n) is 18.2. The third kappa shape index (κ3) is 5.01. The molecule has 9 heteroatoms. The van der Waals surface area contributed by atoms with Gasteiger partial charge in [0.15, 0.2) is 0 Å². The molecule has 0 bridgehead atoms. The number of benzene rings is 3. The molecule has 3 amide bonds. The van der Waals surface area contributed by atoms with Crippen LogP contribution in [0.5, 0.6) is 0 Å². The van der Waals surface area contributed by atoms with Crippen molar-refractivity contribution < 1.29 is 9.59 Å². The first-order valence-electron chi connectivity index (χ1n) is 10.7. The summed E-state index contributed by atoms with van der Waals surface area (Å²) in [5.74, 6) is -0.150. The van der Waals surface area contributed by atoms with E-state index in [1.54, 1.807) is 30.3 Å². The molecule has 0 saturated carbocycles. The first-order valence-corrected chi connectivity index (χ1v) is 11.4. The molecule has 2 heterocycles. The molecule has 1 aromatic heterocycles. The number of aromatic nitrogens is 1. The molecule has 1 aliphatic rings. The molecular weight excluding hydrogens is 485 g/mol. The lowest BCUT2D eigenvalue weighted by molar-refractivity contribution is -0.110. The SMILES string of the molecule is O=C(Nc1cccc(Nc2ccc3c(c2)NC(=O)/C3=C\c2ccc[nH]2)c1)Nc1c(Cl)cccc1Cl. The molecule has 0 radical (unpaired) electrons. The number of anilines is 5.